The number of rotatable bonds is 3. The number of pyridine rings is 1. The summed E-state index contributed by atoms with van der Waals surface area (Å²) in [6, 6.07) is 7.42. The lowest BCUT2D eigenvalue weighted by Crippen LogP contribution is -2.14. The molecule has 6 heteroatoms. The molecular formula is C19H19ClN4O. The van der Waals surface area contributed by atoms with Crippen molar-refractivity contribution in [1.82, 2.24) is 14.8 Å². The third-order valence-corrected chi connectivity index (χ3v) is 5.15. The molecule has 3 aromatic rings. The van der Waals surface area contributed by atoms with Gasteiger partial charge in [0.25, 0.3) is 5.91 Å². The molecule has 5 nitrogen and oxygen atoms in total. The molecule has 1 aliphatic carbocycles. The molecule has 1 saturated carbocycles. The summed E-state index contributed by atoms with van der Waals surface area (Å²) in [6.07, 6.45) is 2.26. The first-order valence-electron chi connectivity index (χ1n) is 8.36. The van der Waals surface area contributed by atoms with Crippen LogP contribution in [0.2, 0.25) is 5.02 Å². The monoisotopic (exact) mass is 354 g/mol. The summed E-state index contributed by atoms with van der Waals surface area (Å²) in [4.78, 5) is 17.8. The van der Waals surface area contributed by atoms with Crippen LogP contribution < -0.4 is 5.32 Å². The number of fused-ring (bicyclic) bond motifs is 1. The number of carbonyl (C=O) groups excluding carboxylic acids is 1. The van der Waals surface area contributed by atoms with Crippen LogP contribution in [0.25, 0.3) is 11.0 Å². The van der Waals surface area contributed by atoms with E-state index in [2.05, 4.69) is 10.4 Å². The number of aryl methyl sites for hydroxylation is 2. The minimum atomic E-state index is -0.157. The number of hydrogen-bond acceptors (Lipinski definition) is 3. The molecule has 1 aliphatic rings. The van der Waals surface area contributed by atoms with Crippen molar-refractivity contribution in [2.45, 2.75) is 32.6 Å². The minimum absolute atomic E-state index is 0.157. The molecule has 1 N–H and O–H groups in total. The van der Waals surface area contributed by atoms with Gasteiger partial charge in [-0.15, -0.1) is 0 Å². The van der Waals surface area contributed by atoms with Gasteiger partial charge in [0.05, 0.1) is 16.6 Å². The van der Waals surface area contributed by atoms with Crippen molar-refractivity contribution < 1.29 is 4.79 Å². The molecular weight excluding hydrogens is 336 g/mol. The second-order valence-corrected chi connectivity index (χ2v) is 7.05. The maximum absolute atomic E-state index is 13.0. The number of hydrogen-bond donors (Lipinski definition) is 1. The molecule has 0 aliphatic heterocycles. The Labute approximate surface area is 151 Å². The van der Waals surface area contributed by atoms with Gasteiger partial charge in [-0.05, 0) is 50.5 Å². The van der Waals surface area contributed by atoms with Crippen LogP contribution in [0.1, 0.15) is 46.1 Å². The van der Waals surface area contributed by atoms with Gasteiger partial charge in [-0.1, -0.05) is 17.7 Å². The van der Waals surface area contributed by atoms with Crippen LogP contribution in [0, 0.1) is 13.8 Å². The van der Waals surface area contributed by atoms with Crippen LogP contribution in [0.15, 0.2) is 24.3 Å². The second kappa shape index (κ2) is 5.85. The number of anilines is 1. The van der Waals surface area contributed by atoms with E-state index in [4.69, 9.17) is 16.6 Å². The Bertz CT molecular complexity index is 1000. The lowest BCUT2D eigenvalue weighted by Gasteiger charge is -2.11. The Kier molecular flexibility index (Phi) is 3.76. The number of halogens is 1. The minimum Gasteiger partial charge on any atom is -0.322 e. The molecule has 0 unspecified atom stereocenters. The largest absolute Gasteiger partial charge is 0.322 e. The Hall–Kier alpha value is -2.40. The van der Waals surface area contributed by atoms with Crippen LogP contribution >= 0.6 is 11.6 Å². The average Bonchev–Trinajstić information content (AvgIpc) is 3.38. The zero-order chi connectivity index (χ0) is 17.7. The fourth-order valence-electron chi connectivity index (χ4n) is 3.16. The van der Waals surface area contributed by atoms with E-state index in [0.717, 1.165) is 46.5 Å². The highest BCUT2D eigenvalue weighted by Crippen LogP contribution is 2.40. The standard InChI is InChI=1S/C19H19ClN4O/c1-10-14(20)5-4-6-15(10)22-19(25)13-9-16(12-7-8-12)21-18-17(13)11(2)23-24(18)3/h4-6,9,12H,7-8H2,1-3H3,(H,22,25). The molecule has 0 saturated heterocycles. The Morgan fingerprint density at radius 2 is 2.08 bits per heavy atom. The molecule has 25 heavy (non-hydrogen) atoms. The van der Waals surface area contributed by atoms with Gasteiger partial charge in [-0.2, -0.15) is 5.10 Å². The molecule has 0 bridgehead atoms. The summed E-state index contributed by atoms with van der Waals surface area (Å²) in [5.41, 5.74) is 4.74. The van der Waals surface area contributed by atoms with E-state index in [-0.39, 0.29) is 5.91 Å². The summed E-state index contributed by atoms with van der Waals surface area (Å²) in [6.45, 7) is 3.80. The summed E-state index contributed by atoms with van der Waals surface area (Å²) in [7, 11) is 1.86. The zero-order valence-electron chi connectivity index (χ0n) is 14.4. The summed E-state index contributed by atoms with van der Waals surface area (Å²) >= 11 is 6.17. The molecule has 0 radical (unpaired) electrons. The number of nitrogens with zero attached hydrogens (tertiary/aromatic N) is 3. The number of carbonyl (C=O) groups is 1. The van der Waals surface area contributed by atoms with E-state index in [1.807, 2.05) is 45.2 Å². The molecule has 128 valence electrons. The normalized spacial score (nSPS) is 14.1. The molecule has 0 spiro atoms. The molecule has 2 aromatic heterocycles. The summed E-state index contributed by atoms with van der Waals surface area (Å²) < 4.78 is 1.75. The van der Waals surface area contributed by atoms with Gasteiger partial charge in [-0.3, -0.25) is 9.48 Å². The van der Waals surface area contributed by atoms with Crippen LogP contribution in [-0.4, -0.2) is 20.7 Å². The van der Waals surface area contributed by atoms with Crippen LogP contribution in [0.4, 0.5) is 5.69 Å². The average molecular weight is 355 g/mol. The first-order chi connectivity index (χ1) is 12.0. The molecule has 0 atom stereocenters. The van der Waals surface area contributed by atoms with E-state index >= 15 is 0 Å². The van der Waals surface area contributed by atoms with Crippen molar-refractivity contribution in [2.75, 3.05) is 5.32 Å². The summed E-state index contributed by atoms with van der Waals surface area (Å²) in [5.74, 6) is 0.301. The fourth-order valence-corrected chi connectivity index (χ4v) is 3.34. The number of aromatic nitrogens is 3. The Balaban J connectivity index is 1.82. The smallest absolute Gasteiger partial charge is 0.256 e. The van der Waals surface area contributed by atoms with Gasteiger partial charge in [0.15, 0.2) is 5.65 Å². The first kappa shape index (κ1) is 16.1. The highest BCUT2D eigenvalue weighted by molar-refractivity contribution is 6.31. The molecule has 1 amide bonds. The van der Waals surface area contributed by atoms with Crippen molar-refractivity contribution in [3.05, 3.63) is 51.8 Å². The van der Waals surface area contributed by atoms with Crippen molar-refractivity contribution in [3.63, 3.8) is 0 Å². The lowest BCUT2D eigenvalue weighted by molar-refractivity contribution is 0.102. The predicted molar refractivity (Wildman–Crippen MR) is 99.4 cm³/mol. The SMILES string of the molecule is Cc1c(Cl)cccc1NC(=O)c1cc(C2CC2)nc2c1c(C)nn2C. The fraction of sp³-hybridized carbons (Fsp3) is 0.316. The molecule has 1 fully saturated rings. The number of nitrogens with one attached hydrogen (secondary N) is 1. The maximum atomic E-state index is 13.0. The lowest BCUT2D eigenvalue weighted by atomic mass is 10.1. The quantitative estimate of drug-likeness (QED) is 0.759. The van der Waals surface area contributed by atoms with E-state index in [9.17, 15) is 4.79 Å². The van der Waals surface area contributed by atoms with Crippen LogP contribution in [-0.2, 0) is 7.05 Å². The third-order valence-electron chi connectivity index (χ3n) is 4.74. The van der Waals surface area contributed by atoms with E-state index in [1.54, 1.807) is 4.68 Å². The first-order valence-corrected chi connectivity index (χ1v) is 8.74. The number of amides is 1. The zero-order valence-corrected chi connectivity index (χ0v) is 15.2. The topological polar surface area (TPSA) is 59.8 Å². The van der Waals surface area contributed by atoms with Crippen LogP contribution in [0.5, 0.6) is 0 Å². The van der Waals surface area contributed by atoms with Gasteiger partial charge in [-0.25, -0.2) is 4.98 Å². The third kappa shape index (κ3) is 2.78. The highest BCUT2D eigenvalue weighted by Gasteiger charge is 2.28. The maximum Gasteiger partial charge on any atom is 0.256 e. The molecule has 1 aromatic carbocycles. The van der Waals surface area contributed by atoms with Crippen molar-refractivity contribution >= 4 is 34.2 Å². The van der Waals surface area contributed by atoms with Crippen LogP contribution in [0.3, 0.4) is 0 Å². The van der Waals surface area contributed by atoms with Gasteiger partial charge >= 0.3 is 0 Å². The predicted octanol–water partition coefficient (Wildman–Crippen LogP) is 4.37. The van der Waals surface area contributed by atoms with Crippen molar-refractivity contribution in [2.24, 2.45) is 7.05 Å². The number of benzene rings is 1. The van der Waals surface area contributed by atoms with Gasteiger partial charge in [0.1, 0.15) is 0 Å². The molecule has 2 heterocycles. The van der Waals surface area contributed by atoms with Gasteiger partial charge in [0, 0.05) is 29.4 Å². The van der Waals surface area contributed by atoms with Crippen molar-refractivity contribution in [3.8, 4) is 0 Å². The second-order valence-electron chi connectivity index (χ2n) is 6.64. The van der Waals surface area contributed by atoms with E-state index in [0.29, 0.717) is 16.5 Å². The molecule has 4 rings (SSSR count). The summed E-state index contributed by atoms with van der Waals surface area (Å²) in [5, 5.41) is 8.88. The Morgan fingerprint density at radius 3 is 2.80 bits per heavy atom. The van der Waals surface area contributed by atoms with Gasteiger partial charge in [0.2, 0.25) is 0 Å². The highest BCUT2D eigenvalue weighted by atomic mass is 35.5. The van der Waals surface area contributed by atoms with E-state index < -0.39 is 0 Å². The van der Waals surface area contributed by atoms with E-state index in [1.165, 1.54) is 0 Å². The van der Waals surface area contributed by atoms with Gasteiger partial charge < -0.3 is 5.32 Å². The van der Waals surface area contributed by atoms with Crippen molar-refractivity contribution in [1.29, 1.82) is 0 Å². The Morgan fingerprint density at radius 1 is 1.32 bits per heavy atom.